The maximum Gasteiger partial charge on any atom is 0.103 e. The van der Waals surface area contributed by atoms with Crippen molar-refractivity contribution in [2.24, 2.45) is 4.99 Å². The summed E-state index contributed by atoms with van der Waals surface area (Å²) in [4.78, 5) is 4.60. The molecule has 2 nitrogen and oxygen atoms in total. The van der Waals surface area contributed by atoms with Crippen LogP contribution in [0.1, 0.15) is 18.1 Å². The van der Waals surface area contributed by atoms with Gasteiger partial charge in [-0.05, 0) is 43.4 Å². The van der Waals surface area contributed by atoms with Crippen LogP contribution in [-0.2, 0) is 0 Å². The molecule has 0 amide bonds. The highest BCUT2D eigenvalue weighted by Gasteiger charge is 2.14. The van der Waals surface area contributed by atoms with Gasteiger partial charge < -0.3 is 5.32 Å². The molecule has 0 spiro atoms. The van der Waals surface area contributed by atoms with Gasteiger partial charge in [0.15, 0.2) is 0 Å². The van der Waals surface area contributed by atoms with E-state index in [4.69, 9.17) is 0 Å². The molecule has 80 valence electrons. The smallest absolute Gasteiger partial charge is 0.103 e. The first-order chi connectivity index (χ1) is 7.65. The van der Waals surface area contributed by atoms with Gasteiger partial charge in [0.2, 0.25) is 0 Å². The second-order valence-electron chi connectivity index (χ2n) is 4.46. The summed E-state index contributed by atoms with van der Waals surface area (Å²) in [5, 5.41) is 5.85. The van der Waals surface area contributed by atoms with Gasteiger partial charge in [-0.1, -0.05) is 18.2 Å². The van der Waals surface area contributed by atoms with E-state index < -0.39 is 0 Å². The molecule has 1 aliphatic heterocycles. The van der Waals surface area contributed by atoms with Gasteiger partial charge in [-0.15, -0.1) is 0 Å². The van der Waals surface area contributed by atoms with E-state index in [9.17, 15) is 0 Å². The van der Waals surface area contributed by atoms with Gasteiger partial charge in [-0.2, -0.15) is 0 Å². The summed E-state index contributed by atoms with van der Waals surface area (Å²) in [6.45, 7) is 6.24. The topological polar surface area (TPSA) is 24.4 Å². The summed E-state index contributed by atoms with van der Waals surface area (Å²) in [6, 6.07) is 8.70. The minimum absolute atomic E-state index is 0.966. The SMILES string of the molecule is CC1=Nc2c(C)ccc3cc(C)cc(c23)N1. The Morgan fingerprint density at radius 3 is 2.69 bits per heavy atom. The average Bonchev–Trinajstić information content (AvgIpc) is 2.22. The minimum Gasteiger partial charge on any atom is -0.343 e. The van der Waals surface area contributed by atoms with Gasteiger partial charge in [-0.25, -0.2) is 4.99 Å². The lowest BCUT2D eigenvalue weighted by Crippen LogP contribution is -2.11. The number of benzene rings is 2. The van der Waals surface area contributed by atoms with Crippen LogP contribution in [-0.4, -0.2) is 5.84 Å². The molecule has 0 aliphatic carbocycles. The maximum absolute atomic E-state index is 4.60. The lowest BCUT2D eigenvalue weighted by atomic mass is 9.99. The fraction of sp³-hybridized carbons (Fsp3) is 0.214. The van der Waals surface area contributed by atoms with Crippen molar-refractivity contribution in [1.29, 1.82) is 0 Å². The van der Waals surface area contributed by atoms with Crippen molar-refractivity contribution in [3.8, 4) is 0 Å². The number of nitrogens with one attached hydrogen (secondary N) is 1. The zero-order chi connectivity index (χ0) is 11.3. The summed E-state index contributed by atoms with van der Waals surface area (Å²) in [5.74, 6) is 0.966. The molecule has 0 atom stereocenters. The lowest BCUT2D eigenvalue weighted by molar-refractivity contribution is 1.38. The molecule has 2 heteroatoms. The van der Waals surface area contributed by atoms with Gasteiger partial charge in [0.05, 0.1) is 5.69 Å². The van der Waals surface area contributed by atoms with Crippen LogP contribution in [0.2, 0.25) is 0 Å². The average molecular weight is 210 g/mol. The summed E-state index contributed by atoms with van der Waals surface area (Å²) in [7, 11) is 0. The monoisotopic (exact) mass is 210 g/mol. The summed E-state index contributed by atoms with van der Waals surface area (Å²) < 4.78 is 0. The molecule has 0 radical (unpaired) electrons. The van der Waals surface area contributed by atoms with Crippen molar-refractivity contribution in [3.63, 3.8) is 0 Å². The van der Waals surface area contributed by atoms with Crippen molar-refractivity contribution >= 4 is 28.0 Å². The number of hydrogen-bond acceptors (Lipinski definition) is 2. The van der Waals surface area contributed by atoms with Crippen LogP contribution in [0, 0.1) is 13.8 Å². The van der Waals surface area contributed by atoms with Crippen molar-refractivity contribution in [3.05, 3.63) is 35.4 Å². The molecule has 0 bridgehead atoms. The van der Waals surface area contributed by atoms with Gasteiger partial charge in [0, 0.05) is 11.1 Å². The van der Waals surface area contributed by atoms with E-state index in [1.54, 1.807) is 0 Å². The van der Waals surface area contributed by atoms with Crippen molar-refractivity contribution in [2.45, 2.75) is 20.8 Å². The Labute approximate surface area is 95.0 Å². The molecule has 0 saturated heterocycles. The number of rotatable bonds is 0. The molecule has 2 aromatic rings. The van der Waals surface area contributed by atoms with Gasteiger partial charge in [-0.3, -0.25) is 0 Å². The van der Waals surface area contributed by atoms with Crippen LogP contribution in [0.25, 0.3) is 10.8 Å². The Balaban J connectivity index is 2.51. The highest BCUT2D eigenvalue weighted by atomic mass is 15.0. The molecule has 16 heavy (non-hydrogen) atoms. The second-order valence-corrected chi connectivity index (χ2v) is 4.46. The fourth-order valence-electron chi connectivity index (χ4n) is 2.33. The van der Waals surface area contributed by atoms with Crippen LogP contribution in [0.5, 0.6) is 0 Å². The van der Waals surface area contributed by atoms with E-state index in [0.29, 0.717) is 0 Å². The molecule has 0 unspecified atom stereocenters. The van der Waals surface area contributed by atoms with Crippen LogP contribution < -0.4 is 5.32 Å². The lowest BCUT2D eigenvalue weighted by Gasteiger charge is -2.19. The summed E-state index contributed by atoms with van der Waals surface area (Å²) >= 11 is 0. The summed E-state index contributed by atoms with van der Waals surface area (Å²) in [5.41, 5.74) is 4.81. The molecular weight excluding hydrogens is 196 g/mol. The van der Waals surface area contributed by atoms with Crippen LogP contribution in [0.15, 0.2) is 29.3 Å². The number of hydrogen-bond donors (Lipinski definition) is 1. The van der Waals surface area contributed by atoms with Gasteiger partial charge >= 0.3 is 0 Å². The minimum atomic E-state index is 0.966. The summed E-state index contributed by atoms with van der Waals surface area (Å²) in [6.07, 6.45) is 0. The van der Waals surface area contributed by atoms with Gasteiger partial charge in [0.1, 0.15) is 5.84 Å². The number of nitrogens with zero attached hydrogens (tertiary/aromatic N) is 1. The Morgan fingerprint density at radius 1 is 1.06 bits per heavy atom. The molecule has 1 N–H and O–H groups in total. The predicted molar refractivity (Wildman–Crippen MR) is 69.8 cm³/mol. The van der Waals surface area contributed by atoms with Crippen molar-refractivity contribution < 1.29 is 0 Å². The normalized spacial score (nSPS) is 13.6. The molecule has 3 rings (SSSR count). The maximum atomic E-state index is 4.60. The Hall–Kier alpha value is -1.83. The predicted octanol–water partition coefficient (Wildman–Crippen LogP) is 3.93. The van der Waals surface area contributed by atoms with Crippen molar-refractivity contribution in [1.82, 2.24) is 0 Å². The molecule has 1 aliphatic rings. The zero-order valence-corrected chi connectivity index (χ0v) is 9.76. The van der Waals surface area contributed by atoms with Crippen molar-refractivity contribution in [2.75, 3.05) is 5.32 Å². The van der Waals surface area contributed by atoms with Crippen LogP contribution >= 0.6 is 0 Å². The standard InChI is InChI=1S/C14H14N2/c1-8-6-11-5-4-9(2)14-13(11)12(7-8)15-10(3)16-14/h4-7H,1-3H3,(H,15,16). The molecular formula is C14H14N2. The number of anilines is 1. The first-order valence-electron chi connectivity index (χ1n) is 5.51. The molecule has 1 heterocycles. The Bertz CT molecular complexity index is 624. The van der Waals surface area contributed by atoms with E-state index in [1.165, 1.54) is 27.6 Å². The van der Waals surface area contributed by atoms with Gasteiger partial charge in [0.25, 0.3) is 0 Å². The molecule has 0 saturated carbocycles. The van der Waals surface area contributed by atoms with E-state index in [1.807, 2.05) is 6.92 Å². The molecule has 2 aromatic carbocycles. The first kappa shape index (κ1) is 9.40. The highest BCUT2D eigenvalue weighted by Crippen LogP contribution is 2.38. The third-order valence-electron chi connectivity index (χ3n) is 3.03. The quantitative estimate of drug-likeness (QED) is 0.700. The number of aliphatic imine (C=N–C) groups is 1. The largest absolute Gasteiger partial charge is 0.343 e. The molecule has 0 fully saturated rings. The Kier molecular flexibility index (Phi) is 1.81. The second kappa shape index (κ2) is 3.08. The van der Waals surface area contributed by atoms with Crippen LogP contribution in [0.4, 0.5) is 11.4 Å². The zero-order valence-electron chi connectivity index (χ0n) is 9.76. The van der Waals surface area contributed by atoms with E-state index in [0.717, 1.165) is 11.5 Å². The highest BCUT2D eigenvalue weighted by molar-refractivity contribution is 6.13. The number of amidine groups is 1. The van der Waals surface area contributed by atoms with E-state index >= 15 is 0 Å². The third-order valence-corrected chi connectivity index (χ3v) is 3.03. The number of aryl methyl sites for hydroxylation is 2. The van der Waals surface area contributed by atoms with Crippen LogP contribution in [0.3, 0.4) is 0 Å². The fourth-order valence-corrected chi connectivity index (χ4v) is 2.33. The first-order valence-corrected chi connectivity index (χ1v) is 5.51. The van der Waals surface area contributed by atoms with E-state index in [-0.39, 0.29) is 0 Å². The molecule has 0 aromatic heterocycles. The third kappa shape index (κ3) is 1.23. The Morgan fingerprint density at radius 2 is 1.88 bits per heavy atom. The van der Waals surface area contributed by atoms with E-state index in [2.05, 4.69) is 48.4 Å².